The number of aromatic hydroxyl groups is 1. The van der Waals surface area contributed by atoms with Crippen molar-refractivity contribution in [3.63, 3.8) is 0 Å². The Labute approximate surface area is 182 Å². The van der Waals surface area contributed by atoms with Crippen LogP contribution in [-0.4, -0.2) is 27.8 Å². The van der Waals surface area contributed by atoms with Gasteiger partial charge in [0, 0.05) is 18.2 Å². The van der Waals surface area contributed by atoms with Gasteiger partial charge in [-0.25, -0.2) is 9.18 Å². The summed E-state index contributed by atoms with van der Waals surface area (Å²) in [5, 5.41) is 20.5. The largest absolute Gasteiger partial charge is 0.510 e. The molecule has 31 heavy (non-hydrogen) atoms. The molecule has 0 aliphatic carbocycles. The number of phenolic OH excluding ortho intramolecular Hbond substituents is 1. The number of esters is 1. The smallest absolute Gasteiger partial charge is 0.359 e. The van der Waals surface area contributed by atoms with Crippen molar-refractivity contribution >= 4 is 11.7 Å². The molecule has 1 aliphatic heterocycles. The maximum absolute atomic E-state index is 13.4. The van der Waals surface area contributed by atoms with E-state index < -0.39 is 11.6 Å². The predicted octanol–water partition coefficient (Wildman–Crippen LogP) is 5.49. The first kappa shape index (κ1) is 22.7. The van der Waals surface area contributed by atoms with Gasteiger partial charge in [-0.2, -0.15) is 0 Å². The van der Waals surface area contributed by atoms with Crippen LogP contribution in [0.25, 0.3) is 0 Å². The number of aliphatic hydroxyl groups excluding tert-OH is 1. The summed E-state index contributed by atoms with van der Waals surface area (Å²) in [7, 11) is 0. The molecular formula is C25H30FNO4. The van der Waals surface area contributed by atoms with E-state index >= 15 is 0 Å². The summed E-state index contributed by atoms with van der Waals surface area (Å²) in [5.74, 6) is -0.790. The van der Waals surface area contributed by atoms with E-state index in [1.165, 1.54) is 12.1 Å². The van der Waals surface area contributed by atoms with E-state index in [-0.39, 0.29) is 41.4 Å². The minimum atomic E-state index is -0.839. The molecule has 0 aromatic heterocycles. The number of phenols is 1. The van der Waals surface area contributed by atoms with Crippen LogP contribution in [0.3, 0.4) is 0 Å². The van der Waals surface area contributed by atoms with Gasteiger partial charge in [-0.05, 0) is 74.6 Å². The summed E-state index contributed by atoms with van der Waals surface area (Å²) < 4.78 is 19.4. The van der Waals surface area contributed by atoms with Gasteiger partial charge < -0.3 is 19.8 Å². The lowest BCUT2D eigenvalue weighted by Gasteiger charge is -2.43. The van der Waals surface area contributed by atoms with Gasteiger partial charge in [0.1, 0.15) is 22.9 Å². The second-order valence-electron chi connectivity index (χ2n) is 8.69. The van der Waals surface area contributed by atoms with Crippen LogP contribution in [0.1, 0.15) is 46.1 Å². The van der Waals surface area contributed by atoms with E-state index in [0.717, 1.165) is 5.56 Å². The number of nitrogens with zero attached hydrogens (tertiary/aromatic N) is 1. The molecule has 0 saturated heterocycles. The van der Waals surface area contributed by atoms with Crippen molar-refractivity contribution in [3.8, 4) is 5.75 Å². The molecule has 1 atom stereocenters. The van der Waals surface area contributed by atoms with E-state index in [9.17, 15) is 19.4 Å². The fraction of sp³-hybridized carbons (Fsp3) is 0.400. The van der Waals surface area contributed by atoms with Crippen LogP contribution in [-0.2, 0) is 16.0 Å². The average Bonchev–Trinajstić information content (AvgIpc) is 2.71. The van der Waals surface area contributed by atoms with Crippen LogP contribution in [0.5, 0.6) is 5.75 Å². The lowest BCUT2D eigenvalue weighted by molar-refractivity contribution is -0.166. The Morgan fingerprint density at radius 1 is 1.03 bits per heavy atom. The Hall–Kier alpha value is -3.02. The molecule has 2 aromatic rings. The Balaban J connectivity index is 1.91. The zero-order valence-electron chi connectivity index (χ0n) is 18.4. The summed E-state index contributed by atoms with van der Waals surface area (Å²) in [4.78, 5) is 14.9. The normalized spacial score (nSPS) is 19.1. The molecule has 166 valence electrons. The standard InChI is InChI=1S/C25H30FNO4/c1-16(2)25(14-13-18-5-11-21(28)12-6-18)15-22(29)23(24(30)31-25)27(17(3)4)20-9-7-19(26)8-10-20/h5-12,16-17,28-29H,13-15H2,1-4H3/t25-/m0/s1. The molecule has 0 radical (unpaired) electrons. The van der Waals surface area contributed by atoms with Gasteiger partial charge in [0.15, 0.2) is 5.70 Å². The highest BCUT2D eigenvalue weighted by Gasteiger charge is 2.46. The Morgan fingerprint density at radius 2 is 1.65 bits per heavy atom. The number of cyclic esters (lactones) is 1. The molecule has 1 aliphatic rings. The first-order valence-corrected chi connectivity index (χ1v) is 10.6. The second-order valence-corrected chi connectivity index (χ2v) is 8.69. The van der Waals surface area contributed by atoms with E-state index in [1.54, 1.807) is 29.2 Å². The van der Waals surface area contributed by atoms with Gasteiger partial charge >= 0.3 is 5.97 Å². The van der Waals surface area contributed by atoms with Crippen molar-refractivity contribution in [2.24, 2.45) is 5.92 Å². The number of hydrogen-bond acceptors (Lipinski definition) is 5. The fourth-order valence-electron chi connectivity index (χ4n) is 4.05. The van der Waals surface area contributed by atoms with E-state index in [2.05, 4.69) is 0 Å². The van der Waals surface area contributed by atoms with Crippen molar-refractivity contribution in [1.82, 2.24) is 0 Å². The van der Waals surface area contributed by atoms with E-state index in [0.29, 0.717) is 18.5 Å². The average molecular weight is 428 g/mol. The topological polar surface area (TPSA) is 70.0 Å². The summed E-state index contributed by atoms with van der Waals surface area (Å²) >= 11 is 0. The summed E-state index contributed by atoms with van der Waals surface area (Å²) in [6.07, 6.45) is 1.38. The van der Waals surface area contributed by atoms with Gasteiger partial charge in [0.05, 0.1) is 0 Å². The minimum Gasteiger partial charge on any atom is -0.510 e. The lowest BCUT2D eigenvalue weighted by atomic mass is 9.79. The Bertz CT molecular complexity index is 950. The Kier molecular flexibility index (Phi) is 6.58. The van der Waals surface area contributed by atoms with Crippen LogP contribution in [0.4, 0.5) is 10.1 Å². The van der Waals surface area contributed by atoms with Crippen molar-refractivity contribution in [2.75, 3.05) is 4.90 Å². The number of anilines is 1. The van der Waals surface area contributed by atoms with Gasteiger partial charge in [-0.3, -0.25) is 0 Å². The maximum atomic E-state index is 13.4. The molecule has 0 bridgehead atoms. The highest BCUT2D eigenvalue weighted by atomic mass is 19.1. The molecule has 3 rings (SSSR count). The van der Waals surface area contributed by atoms with Crippen molar-refractivity contribution < 1.29 is 24.1 Å². The van der Waals surface area contributed by atoms with Crippen LogP contribution in [0.15, 0.2) is 60.0 Å². The summed E-state index contributed by atoms with van der Waals surface area (Å²) in [6.45, 7) is 7.74. The first-order valence-electron chi connectivity index (χ1n) is 10.6. The molecule has 0 fully saturated rings. The SMILES string of the molecule is CC(C)N(C1=C(O)C[C@@](CCc2ccc(O)cc2)(C(C)C)OC1=O)c1ccc(F)cc1. The maximum Gasteiger partial charge on any atom is 0.359 e. The van der Waals surface area contributed by atoms with Crippen LogP contribution < -0.4 is 4.90 Å². The zero-order valence-corrected chi connectivity index (χ0v) is 18.4. The molecule has 2 aromatic carbocycles. The molecule has 6 heteroatoms. The monoisotopic (exact) mass is 427 g/mol. The third kappa shape index (κ3) is 4.84. The van der Waals surface area contributed by atoms with Gasteiger partial charge in [0.2, 0.25) is 0 Å². The summed E-state index contributed by atoms with van der Waals surface area (Å²) in [5.41, 5.74) is 0.880. The van der Waals surface area contributed by atoms with Crippen molar-refractivity contribution in [2.45, 2.75) is 58.6 Å². The second kappa shape index (κ2) is 9.00. The van der Waals surface area contributed by atoms with Gasteiger partial charge in [0.25, 0.3) is 0 Å². The number of aryl methyl sites for hydroxylation is 1. The number of benzene rings is 2. The third-order valence-electron chi connectivity index (χ3n) is 5.92. The molecule has 5 nitrogen and oxygen atoms in total. The van der Waals surface area contributed by atoms with Crippen molar-refractivity contribution in [1.29, 1.82) is 0 Å². The van der Waals surface area contributed by atoms with Crippen LogP contribution in [0, 0.1) is 11.7 Å². The molecule has 2 N–H and O–H groups in total. The van der Waals surface area contributed by atoms with Crippen LogP contribution in [0.2, 0.25) is 0 Å². The van der Waals surface area contributed by atoms with Gasteiger partial charge in [-0.1, -0.05) is 26.0 Å². The first-order chi connectivity index (χ1) is 14.6. The number of carbonyl (C=O) groups excluding carboxylic acids is 1. The lowest BCUT2D eigenvalue weighted by Crippen LogP contribution is -2.48. The number of hydrogen-bond donors (Lipinski definition) is 2. The molecule has 0 amide bonds. The molecule has 0 spiro atoms. The highest BCUT2D eigenvalue weighted by molar-refractivity contribution is 5.94. The number of rotatable bonds is 7. The molecular weight excluding hydrogens is 397 g/mol. The van der Waals surface area contributed by atoms with Crippen LogP contribution >= 0.6 is 0 Å². The van der Waals surface area contributed by atoms with Crippen molar-refractivity contribution in [3.05, 3.63) is 71.4 Å². The van der Waals surface area contributed by atoms with E-state index in [1.807, 2.05) is 39.8 Å². The summed E-state index contributed by atoms with van der Waals surface area (Å²) in [6, 6.07) is 12.6. The Morgan fingerprint density at radius 3 is 2.16 bits per heavy atom. The van der Waals surface area contributed by atoms with E-state index in [4.69, 9.17) is 4.74 Å². The predicted molar refractivity (Wildman–Crippen MR) is 118 cm³/mol. The molecule has 0 saturated carbocycles. The molecule has 0 unspecified atom stereocenters. The number of aliphatic hydroxyl groups is 1. The number of halogens is 1. The fourth-order valence-corrected chi connectivity index (χ4v) is 4.05. The number of ether oxygens (including phenoxy) is 1. The number of carbonyl (C=O) groups is 1. The zero-order chi connectivity index (χ0) is 22.8. The highest BCUT2D eigenvalue weighted by Crippen LogP contribution is 2.40. The quantitative estimate of drug-likeness (QED) is 0.572. The minimum absolute atomic E-state index is 0.0180. The van der Waals surface area contributed by atoms with Gasteiger partial charge in [-0.15, -0.1) is 0 Å². The third-order valence-corrected chi connectivity index (χ3v) is 5.92. The molecule has 1 heterocycles.